The van der Waals surface area contributed by atoms with Crippen molar-refractivity contribution in [1.82, 2.24) is 0 Å². The van der Waals surface area contributed by atoms with Crippen molar-refractivity contribution in [3.05, 3.63) is 107 Å². The molecule has 0 aliphatic carbocycles. The molecule has 0 aromatic heterocycles. The molecule has 3 rings (SSSR count). The number of aryl methyl sites for hydroxylation is 1. The zero-order valence-electron chi connectivity index (χ0n) is 19.1. The van der Waals surface area contributed by atoms with Gasteiger partial charge in [-0.3, -0.25) is 0 Å². The highest BCUT2D eigenvalue weighted by Crippen LogP contribution is 2.22. The third-order valence-electron chi connectivity index (χ3n) is 4.66. The van der Waals surface area contributed by atoms with Crippen molar-refractivity contribution in [3.8, 4) is 12.3 Å². The van der Waals surface area contributed by atoms with Gasteiger partial charge in [-0.15, -0.1) is 6.42 Å². The zero-order chi connectivity index (χ0) is 22.4. The zero-order valence-corrected chi connectivity index (χ0v) is 19.1. The predicted octanol–water partition coefficient (Wildman–Crippen LogP) is 7.72. The van der Waals surface area contributed by atoms with Gasteiger partial charge >= 0.3 is 0 Å². The van der Waals surface area contributed by atoms with Crippen LogP contribution >= 0.6 is 0 Å². The van der Waals surface area contributed by atoms with Gasteiger partial charge in [-0.05, 0) is 65.8 Å². The molecule has 0 saturated carbocycles. The summed E-state index contributed by atoms with van der Waals surface area (Å²) in [5, 5.41) is 3.07. The fraction of sp³-hybridized carbons (Fsp3) is 0.241. The fourth-order valence-electron chi connectivity index (χ4n) is 3.05. The first-order chi connectivity index (χ1) is 14.5. The van der Waals surface area contributed by atoms with Gasteiger partial charge in [0.05, 0.1) is 0 Å². The summed E-state index contributed by atoms with van der Waals surface area (Å²) in [5.74, 6) is 3.14. The number of rotatable bonds is 5. The lowest BCUT2D eigenvalue weighted by atomic mass is 9.92. The fourth-order valence-corrected chi connectivity index (χ4v) is 3.05. The summed E-state index contributed by atoms with van der Waals surface area (Å²) in [6.07, 6.45) is 8.34. The minimum absolute atomic E-state index is 0.452. The highest BCUT2D eigenvalue weighted by molar-refractivity contribution is 5.48. The topological polar surface area (TPSA) is 12.0 Å². The number of benzene rings is 3. The Morgan fingerprint density at radius 3 is 2.30 bits per heavy atom. The van der Waals surface area contributed by atoms with E-state index in [1.165, 1.54) is 27.9 Å². The monoisotopic (exact) mass is 397 g/mol. The van der Waals surface area contributed by atoms with Crippen LogP contribution in [-0.4, -0.2) is 7.05 Å². The Morgan fingerprint density at radius 1 is 1.00 bits per heavy atom. The Morgan fingerprint density at radius 2 is 1.70 bits per heavy atom. The summed E-state index contributed by atoms with van der Waals surface area (Å²) in [7, 11) is 1.93. The third-order valence-corrected chi connectivity index (χ3v) is 4.66. The van der Waals surface area contributed by atoms with E-state index in [9.17, 15) is 0 Å². The Kier molecular flexibility index (Phi) is 11.5. The summed E-state index contributed by atoms with van der Waals surface area (Å²) in [4.78, 5) is 0. The van der Waals surface area contributed by atoms with Crippen molar-refractivity contribution >= 4 is 11.8 Å². The van der Waals surface area contributed by atoms with Crippen molar-refractivity contribution < 1.29 is 0 Å². The molecule has 0 heterocycles. The van der Waals surface area contributed by atoms with Crippen LogP contribution in [0.4, 0.5) is 5.69 Å². The van der Waals surface area contributed by atoms with Crippen molar-refractivity contribution in [2.75, 3.05) is 12.4 Å². The number of nitrogens with one attached hydrogen (secondary N) is 1. The molecule has 3 aromatic rings. The number of terminal acetylenes is 1. The molecule has 0 spiro atoms. The van der Waals surface area contributed by atoms with Crippen LogP contribution in [0.3, 0.4) is 0 Å². The lowest BCUT2D eigenvalue weighted by Gasteiger charge is -2.13. The standard InChI is InChI=1S/C19H18.C8H11N.C2H6/c1-4-16-8-6-10-18(13-16)12-15(3)19-11-7-9-17(5-2)14-19;1-7-4-3-5-8(6-7)9-2;1-2/h2,4,6-11,13-15H,1,12H2,3H3;3-6,9H,1-2H3;1-2H3. The predicted molar refractivity (Wildman–Crippen MR) is 135 cm³/mol. The van der Waals surface area contributed by atoms with E-state index in [-0.39, 0.29) is 0 Å². The lowest BCUT2D eigenvalue weighted by molar-refractivity contribution is 0.759. The first-order valence-corrected chi connectivity index (χ1v) is 10.6. The average Bonchev–Trinajstić information content (AvgIpc) is 2.81. The SMILES string of the molecule is C#Cc1cccc(C(C)Cc2cccc(C=C)c2)c1.CC.CNc1cccc(C)c1. The van der Waals surface area contributed by atoms with Crippen LogP contribution in [0.15, 0.2) is 79.4 Å². The number of hydrogen-bond donors (Lipinski definition) is 1. The molecule has 30 heavy (non-hydrogen) atoms. The summed E-state index contributed by atoms with van der Waals surface area (Å²) < 4.78 is 0. The molecule has 0 amide bonds. The Bertz CT molecular complexity index is 946. The van der Waals surface area contributed by atoms with E-state index in [4.69, 9.17) is 6.42 Å². The Labute approximate surface area is 183 Å². The molecule has 156 valence electrons. The Balaban J connectivity index is 0.000000342. The van der Waals surface area contributed by atoms with Gasteiger partial charge in [-0.25, -0.2) is 0 Å². The van der Waals surface area contributed by atoms with Crippen LogP contribution in [0.1, 0.15) is 54.5 Å². The molecule has 0 aliphatic heterocycles. The summed E-state index contributed by atoms with van der Waals surface area (Å²) >= 11 is 0. The molecule has 0 aliphatic rings. The molecule has 1 atom stereocenters. The maximum absolute atomic E-state index is 5.45. The first-order valence-electron chi connectivity index (χ1n) is 10.6. The van der Waals surface area contributed by atoms with Crippen LogP contribution in [0.2, 0.25) is 0 Å². The first kappa shape index (κ1) is 24.8. The largest absolute Gasteiger partial charge is 0.388 e. The highest BCUT2D eigenvalue weighted by atomic mass is 14.8. The molecule has 1 nitrogen and oxygen atoms in total. The molecular weight excluding hydrogens is 362 g/mol. The van der Waals surface area contributed by atoms with E-state index in [0.29, 0.717) is 5.92 Å². The van der Waals surface area contributed by atoms with Gasteiger partial charge in [-0.2, -0.15) is 0 Å². The van der Waals surface area contributed by atoms with E-state index in [1.807, 2.05) is 51.2 Å². The van der Waals surface area contributed by atoms with Gasteiger partial charge in [0, 0.05) is 18.3 Å². The summed E-state index contributed by atoms with van der Waals surface area (Å²) in [5.41, 5.74) is 7.21. The van der Waals surface area contributed by atoms with E-state index in [1.54, 1.807) is 0 Å². The van der Waals surface area contributed by atoms with Gasteiger partial charge in [0.15, 0.2) is 0 Å². The van der Waals surface area contributed by atoms with Gasteiger partial charge in [0.1, 0.15) is 0 Å². The maximum Gasteiger partial charge on any atom is 0.0340 e. The van der Waals surface area contributed by atoms with Gasteiger partial charge in [-0.1, -0.05) is 87.9 Å². The van der Waals surface area contributed by atoms with Crippen LogP contribution in [0.5, 0.6) is 0 Å². The van der Waals surface area contributed by atoms with Crippen molar-refractivity contribution in [3.63, 3.8) is 0 Å². The van der Waals surface area contributed by atoms with Crippen LogP contribution in [-0.2, 0) is 6.42 Å². The summed E-state index contributed by atoms with van der Waals surface area (Å²) in [6, 6.07) is 25.0. The molecular formula is C29H35N. The second-order valence-electron chi connectivity index (χ2n) is 6.94. The van der Waals surface area contributed by atoms with Gasteiger partial charge in [0.25, 0.3) is 0 Å². The number of hydrogen-bond acceptors (Lipinski definition) is 1. The van der Waals surface area contributed by atoms with E-state index >= 15 is 0 Å². The molecule has 0 bridgehead atoms. The van der Waals surface area contributed by atoms with E-state index < -0.39 is 0 Å². The lowest BCUT2D eigenvalue weighted by Crippen LogP contribution is -1.99. The van der Waals surface area contributed by atoms with Crippen molar-refractivity contribution in [2.24, 2.45) is 0 Å². The van der Waals surface area contributed by atoms with Crippen LogP contribution in [0.25, 0.3) is 6.08 Å². The maximum atomic E-state index is 5.45. The third kappa shape index (κ3) is 8.41. The molecule has 0 saturated heterocycles. The minimum Gasteiger partial charge on any atom is -0.388 e. The second kappa shape index (κ2) is 13.9. The van der Waals surface area contributed by atoms with Crippen molar-refractivity contribution in [2.45, 2.75) is 40.0 Å². The average molecular weight is 398 g/mol. The normalized spacial score (nSPS) is 10.3. The van der Waals surface area contributed by atoms with E-state index in [0.717, 1.165) is 12.0 Å². The van der Waals surface area contributed by atoms with Gasteiger partial charge in [0.2, 0.25) is 0 Å². The molecule has 3 aromatic carbocycles. The molecule has 0 fully saturated rings. The van der Waals surface area contributed by atoms with Crippen LogP contribution < -0.4 is 5.32 Å². The highest BCUT2D eigenvalue weighted by Gasteiger charge is 2.07. The van der Waals surface area contributed by atoms with Crippen LogP contribution in [0, 0.1) is 19.3 Å². The van der Waals surface area contributed by atoms with Gasteiger partial charge < -0.3 is 5.32 Å². The molecule has 1 N–H and O–H groups in total. The molecule has 1 heteroatoms. The smallest absolute Gasteiger partial charge is 0.0340 e. The number of anilines is 1. The minimum atomic E-state index is 0.452. The molecule has 0 radical (unpaired) electrons. The Hall–Kier alpha value is -3.24. The van der Waals surface area contributed by atoms with E-state index in [2.05, 4.69) is 80.2 Å². The quantitative estimate of drug-likeness (QED) is 0.434. The molecule has 1 unspecified atom stereocenters. The second-order valence-corrected chi connectivity index (χ2v) is 6.94. The van der Waals surface area contributed by atoms with Crippen molar-refractivity contribution in [1.29, 1.82) is 0 Å². The summed E-state index contributed by atoms with van der Waals surface area (Å²) in [6.45, 7) is 12.1.